The topological polar surface area (TPSA) is 87.3 Å². The summed E-state index contributed by atoms with van der Waals surface area (Å²) in [5.74, 6) is 2.73. The highest BCUT2D eigenvalue weighted by molar-refractivity contribution is 7.18. The lowest BCUT2D eigenvalue weighted by Crippen LogP contribution is -2.15. The monoisotopic (exact) mass is 315 g/mol. The number of aromatic nitrogens is 5. The zero-order valence-corrected chi connectivity index (χ0v) is 13.4. The van der Waals surface area contributed by atoms with Crippen molar-refractivity contribution >= 4 is 21.6 Å². The van der Waals surface area contributed by atoms with E-state index in [1.807, 2.05) is 6.92 Å². The van der Waals surface area contributed by atoms with E-state index in [4.69, 9.17) is 0 Å². The smallest absolute Gasteiger partial charge is 0.259 e. The van der Waals surface area contributed by atoms with Crippen molar-refractivity contribution in [2.75, 3.05) is 0 Å². The molecule has 6 nitrogen and oxygen atoms in total. The normalized spacial score (nSPS) is 17.8. The van der Waals surface area contributed by atoms with Gasteiger partial charge in [-0.25, -0.2) is 9.97 Å². The minimum atomic E-state index is -0.0284. The van der Waals surface area contributed by atoms with Crippen LogP contribution in [0.4, 0.5) is 0 Å². The number of hydrogen-bond donors (Lipinski definition) is 2. The van der Waals surface area contributed by atoms with Crippen molar-refractivity contribution < 1.29 is 0 Å². The highest BCUT2D eigenvalue weighted by Crippen LogP contribution is 2.35. The number of fused-ring (bicyclic) bond motifs is 3. The third kappa shape index (κ3) is 2.25. The Morgan fingerprint density at radius 2 is 2.23 bits per heavy atom. The summed E-state index contributed by atoms with van der Waals surface area (Å²) in [6.07, 6.45) is 3.64. The van der Waals surface area contributed by atoms with Crippen molar-refractivity contribution in [3.05, 3.63) is 38.3 Å². The molecule has 1 aliphatic rings. The Labute approximate surface area is 131 Å². The van der Waals surface area contributed by atoms with Gasteiger partial charge in [-0.3, -0.25) is 9.89 Å². The number of aryl methyl sites for hydroxylation is 2. The number of aromatic amines is 2. The quantitative estimate of drug-likeness (QED) is 0.758. The molecule has 3 aromatic heterocycles. The van der Waals surface area contributed by atoms with Crippen LogP contribution in [0.25, 0.3) is 10.2 Å². The first kappa shape index (κ1) is 13.6. The number of nitrogens with one attached hydrogen (secondary N) is 2. The average molecular weight is 315 g/mol. The van der Waals surface area contributed by atoms with Crippen LogP contribution >= 0.6 is 11.3 Å². The summed E-state index contributed by atoms with van der Waals surface area (Å²) in [6.45, 7) is 4.12. The van der Waals surface area contributed by atoms with Gasteiger partial charge in [0, 0.05) is 4.88 Å². The Morgan fingerprint density at radius 1 is 1.36 bits per heavy atom. The van der Waals surface area contributed by atoms with E-state index in [-0.39, 0.29) is 5.56 Å². The molecule has 0 saturated carbocycles. The SMILES string of the molecule is Cc1nc(Cc2nc3sc4c(c3c(=O)[nH]2)CCC(C)C4)n[nH]1. The van der Waals surface area contributed by atoms with Crippen LogP contribution in [0.3, 0.4) is 0 Å². The molecular weight excluding hydrogens is 298 g/mol. The first-order valence-electron chi connectivity index (χ1n) is 7.51. The van der Waals surface area contributed by atoms with Crippen LogP contribution in [0.5, 0.6) is 0 Å². The molecule has 22 heavy (non-hydrogen) atoms. The summed E-state index contributed by atoms with van der Waals surface area (Å²) in [6, 6.07) is 0. The molecule has 1 unspecified atom stereocenters. The highest BCUT2D eigenvalue weighted by atomic mass is 32.1. The Hall–Kier alpha value is -2.02. The van der Waals surface area contributed by atoms with Gasteiger partial charge in [0.25, 0.3) is 5.56 Å². The maximum atomic E-state index is 12.5. The third-order valence-electron chi connectivity index (χ3n) is 4.18. The van der Waals surface area contributed by atoms with Gasteiger partial charge in [0.1, 0.15) is 16.5 Å². The van der Waals surface area contributed by atoms with Gasteiger partial charge in [-0.1, -0.05) is 6.92 Å². The van der Waals surface area contributed by atoms with E-state index in [1.165, 1.54) is 10.4 Å². The van der Waals surface area contributed by atoms with Gasteiger partial charge in [-0.15, -0.1) is 11.3 Å². The lowest BCUT2D eigenvalue weighted by atomic mass is 9.89. The van der Waals surface area contributed by atoms with Crippen LogP contribution in [-0.2, 0) is 19.3 Å². The summed E-state index contributed by atoms with van der Waals surface area (Å²) in [7, 11) is 0. The minimum absolute atomic E-state index is 0.0284. The maximum Gasteiger partial charge on any atom is 0.259 e. The molecule has 0 amide bonds. The molecular formula is C15H17N5OS. The summed E-state index contributed by atoms with van der Waals surface area (Å²) in [5.41, 5.74) is 1.19. The van der Waals surface area contributed by atoms with Gasteiger partial charge >= 0.3 is 0 Å². The summed E-state index contributed by atoms with van der Waals surface area (Å²) < 4.78 is 0. The molecule has 0 bridgehead atoms. The van der Waals surface area contributed by atoms with Crippen molar-refractivity contribution in [1.29, 1.82) is 0 Å². The first-order chi connectivity index (χ1) is 10.6. The summed E-state index contributed by atoms with van der Waals surface area (Å²) in [4.78, 5) is 26.5. The van der Waals surface area contributed by atoms with Crippen molar-refractivity contribution in [2.24, 2.45) is 5.92 Å². The Bertz CT molecular complexity index is 906. The van der Waals surface area contributed by atoms with Crippen molar-refractivity contribution in [3.8, 4) is 0 Å². The Balaban J connectivity index is 1.78. The fourth-order valence-corrected chi connectivity index (χ4v) is 4.50. The van der Waals surface area contributed by atoms with Gasteiger partial charge in [-0.2, -0.15) is 5.10 Å². The number of thiophene rings is 1. The Morgan fingerprint density at radius 3 is 3.00 bits per heavy atom. The van der Waals surface area contributed by atoms with Crippen molar-refractivity contribution in [1.82, 2.24) is 25.1 Å². The van der Waals surface area contributed by atoms with E-state index >= 15 is 0 Å². The van der Waals surface area contributed by atoms with E-state index in [9.17, 15) is 4.79 Å². The molecule has 0 aromatic carbocycles. The van der Waals surface area contributed by atoms with E-state index in [0.717, 1.165) is 35.3 Å². The second-order valence-electron chi connectivity index (χ2n) is 6.06. The second-order valence-corrected chi connectivity index (χ2v) is 7.14. The molecule has 3 aromatic rings. The largest absolute Gasteiger partial charge is 0.310 e. The lowest BCUT2D eigenvalue weighted by Gasteiger charge is -2.17. The minimum Gasteiger partial charge on any atom is -0.310 e. The fraction of sp³-hybridized carbons (Fsp3) is 0.467. The van der Waals surface area contributed by atoms with E-state index < -0.39 is 0 Å². The molecule has 0 spiro atoms. The molecule has 7 heteroatoms. The van der Waals surface area contributed by atoms with Crippen LogP contribution < -0.4 is 5.56 Å². The maximum absolute atomic E-state index is 12.5. The molecule has 114 valence electrons. The highest BCUT2D eigenvalue weighted by Gasteiger charge is 2.23. The second kappa shape index (κ2) is 5.01. The van der Waals surface area contributed by atoms with Crippen LogP contribution in [0.15, 0.2) is 4.79 Å². The van der Waals surface area contributed by atoms with Gasteiger partial charge in [0.2, 0.25) is 0 Å². The van der Waals surface area contributed by atoms with E-state index in [1.54, 1.807) is 11.3 Å². The molecule has 3 heterocycles. The van der Waals surface area contributed by atoms with Crippen LogP contribution in [0, 0.1) is 12.8 Å². The number of hydrogen-bond acceptors (Lipinski definition) is 5. The number of nitrogens with zero attached hydrogens (tertiary/aromatic N) is 3. The molecule has 2 N–H and O–H groups in total. The molecule has 0 radical (unpaired) electrons. The summed E-state index contributed by atoms with van der Waals surface area (Å²) >= 11 is 1.67. The first-order valence-corrected chi connectivity index (χ1v) is 8.33. The molecule has 1 aliphatic carbocycles. The zero-order valence-electron chi connectivity index (χ0n) is 12.6. The standard InChI is InChI=1S/C15H17N5OS/c1-7-3-4-9-10(5-7)22-15-13(9)14(21)17-11(18-15)6-12-16-8(2)19-20-12/h7H,3-6H2,1-2H3,(H,16,19,20)(H,17,18,21). The molecule has 4 rings (SSSR count). The number of rotatable bonds is 2. The van der Waals surface area contributed by atoms with Gasteiger partial charge < -0.3 is 4.98 Å². The van der Waals surface area contributed by atoms with Gasteiger partial charge in [-0.05, 0) is 37.7 Å². The van der Waals surface area contributed by atoms with Crippen LogP contribution in [0.1, 0.15) is 41.3 Å². The van der Waals surface area contributed by atoms with Crippen LogP contribution in [-0.4, -0.2) is 25.1 Å². The average Bonchev–Trinajstić information content (AvgIpc) is 3.01. The van der Waals surface area contributed by atoms with Crippen molar-refractivity contribution in [2.45, 2.75) is 39.5 Å². The summed E-state index contributed by atoms with van der Waals surface area (Å²) in [5, 5.41) is 7.70. The van der Waals surface area contributed by atoms with Gasteiger partial charge in [0.15, 0.2) is 5.82 Å². The predicted molar refractivity (Wildman–Crippen MR) is 85.4 cm³/mol. The zero-order chi connectivity index (χ0) is 15.3. The molecule has 0 saturated heterocycles. The lowest BCUT2D eigenvalue weighted by molar-refractivity contribution is 0.509. The van der Waals surface area contributed by atoms with E-state index in [2.05, 4.69) is 32.1 Å². The Kier molecular flexibility index (Phi) is 3.11. The van der Waals surface area contributed by atoms with Crippen LogP contribution in [0.2, 0.25) is 0 Å². The molecule has 1 atom stereocenters. The van der Waals surface area contributed by atoms with Crippen molar-refractivity contribution in [3.63, 3.8) is 0 Å². The molecule has 0 fully saturated rings. The van der Waals surface area contributed by atoms with E-state index in [0.29, 0.717) is 24.0 Å². The van der Waals surface area contributed by atoms with Gasteiger partial charge in [0.05, 0.1) is 11.8 Å². The number of H-pyrrole nitrogens is 2. The predicted octanol–water partition coefficient (Wildman–Crippen LogP) is 2.13. The third-order valence-corrected chi connectivity index (χ3v) is 5.33. The molecule has 0 aliphatic heterocycles. The fourth-order valence-electron chi connectivity index (χ4n) is 3.09.